The third-order valence-corrected chi connectivity index (χ3v) is 6.03. The van der Waals surface area contributed by atoms with Crippen LogP contribution in [-0.2, 0) is 16.0 Å². The van der Waals surface area contributed by atoms with Gasteiger partial charge in [-0.1, -0.05) is 38.0 Å². The number of benzene rings is 1. The van der Waals surface area contributed by atoms with Gasteiger partial charge in [-0.3, -0.25) is 14.5 Å². The van der Waals surface area contributed by atoms with E-state index in [0.717, 1.165) is 42.6 Å². The van der Waals surface area contributed by atoms with Gasteiger partial charge in [-0.05, 0) is 48.4 Å². The van der Waals surface area contributed by atoms with E-state index in [4.69, 9.17) is 0 Å². The molecule has 1 aliphatic rings. The Kier molecular flexibility index (Phi) is 6.62. The summed E-state index contributed by atoms with van der Waals surface area (Å²) in [5, 5.41) is 4.53. The van der Waals surface area contributed by atoms with Gasteiger partial charge >= 0.3 is 12.1 Å². The largest absolute Gasteiger partial charge is 0.471 e. The number of rotatable bonds is 6. The predicted molar refractivity (Wildman–Crippen MR) is 107 cm³/mol. The number of hydrogen-bond donors (Lipinski definition) is 1. The highest BCUT2D eigenvalue weighted by molar-refractivity contribution is 7.10. The molecule has 2 aromatic rings. The van der Waals surface area contributed by atoms with Crippen molar-refractivity contribution in [3.63, 3.8) is 0 Å². The van der Waals surface area contributed by atoms with Crippen LogP contribution in [-0.4, -0.2) is 24.0 Å². The molecule has 3 rings (SSSR count). The van der Waals surface area contributed by atoms with E-state index in [-0.39, 0.29) is 11.7 Å². The average molecular weight is 424 g/mol. The molecule has 1 saturated carbocycles. The lowest BCUT2D eigenvalue weighted by molar-refractivity contribution is -0.171. The fraction of sp³-hybridized carbons (Fsp3) is 0.429. The van der Waals surface area contributed by atoms with Crippen molar-refractivity contribution in [3.8, 4) is 0 Å². The molecule has 0 aliphatic heterocycles. The maximum Gasteiger partial charge on any atom is 0.471 e. The summed E-state index contributed by atoms with van der Waals surface area (Å²) in [6.45, 7) is 1.93. The number of anilines is 1. The van der Waals surface area contributed by atoms with Crippen LogP contribution in [0.25, 0.3) is 0 Å². The van der Waals surface area contributed by atoms with Gasteiger partial charge in [0.05, 0.1) is 0 Å². The lowest BCUT2D eigenvalue weighted by Crippen LogP contribution is -2.50. The van der Waals surface area contributed by atoms with Gasteiger partial charge in [0.15, 0.2) is 6.04 Å². The molecular formula is C21H23F3N2O2S. The summed E-state index contributed by atoms with van der Waals surface area (Å²) < 4.78 is 40.4. The van der Waals surface area contributed by atoms with E-state index in [1.165, 1.54) is 12.1 Å². The van der Waals surface area contributed by atoms with Crippen molar-refractivity contribution >= 4 is 28.8 Å². The zero-order valence-electron chi connectivity index (χ0n) is 16.0. The summed E-state index contributed by atoms with van der Waals surface area (Å²) in [6.07, 6.45) is -0.865. The molecule has 1 fully saturated rings. The van der Waals surface area contributed by atoms with Crippen molar-refractivity contribution in [2.75, 3.05) is 4.90 Å². The Morgan fingerprint density at radius 1 is 1.17 bits per heavy atom. The van der Waals surface area contributed by atoms with Crippen molar-refractivity contribution in [2.24, 2.45) is 0 Å². The van der Waals surface area contributed by atoms with E-state index in [9.17, 15) is 22.8 Å². The van der Waals surface area contributed by atoms with Gasteiger partial charge < -0.3 is 5.32 Å². The Morgan fingerprint density at radius 3 is 2.34 bits per heavy atom. The monoisotopic (exact) mass is 424 g/mol. The zero-order chi connectivity index (χ0) is 21.0. The minimum absolute atomic E-state index is 0.0458. The summed E-state index contributed by atoms with van der Waals surface area (Å²) in [4.78, 5) is 26.5. The lowest BCUT2D eigenvalue weighted by Gasteiger charge is -2.32. The number of amides is 2. The Balaban J connectivity index is 2.03. The summed E-state index contributed by atoms with van der Waals surface area (Å²) >= 11 is 1.15. The minimum Gasteiger partial charge on any atom is -0.351 e. The number of carbonyl (C=O) groups excluding carboxylic acids is 2. The van der Waals surface area contributed by atoms with Crippen molar-refractivity contribution in [3.05, 3.63) is 52.2 Å². The molecule has 0 bridgehead atoms. The van der Waals surface area contributed by atoms with Crippen molar-refractivity contribution in [2.45, 2.75) is 57.3 Å². The SMILES string of the molecule is CCc1ccc(N(C(=O)C(F)(F)F)C(C(=O)NC2CCCC2)c2cccs2)cc1. The van der Waals surface area contributed by atoms with E-state index >= 15 is 0 Å². The van der Waals surface area contributed by atoms with Gasteiger partial charge in [-0.2, -0.15) is 13.2 Å². The molecule has 1 aromatic heterocycles. The third kappa shape index (κ3) is 4.98. The molecule has 4 nitrogen and oxygen atoms in total. The second-order valence-corrected chi connectivity index (χ2v) is 8.08. The lowest BCUT2D eigenvalue weighted by atomic mass is 10.1. The zero-order valence-corrected chi connectivity index (χ0v) is 16.9. The maximum absolute atomic E-state index is 13.5. The number of nitrogens with zero attached hydrogens (tertiary/aromatic N) is 1. The first-order valence-electron chi connectivity index (χ1n) is 9.64. The maximum atomic E-state index is 13.5. The molecule has 156 valence electrons. The van der Waals surface area contributed by atoms with E-state index in [1.807, 2.05) is 6.92 Å². The van der Waals surface area contributed by atoms with Crippen LogP contribution in [0.5, 0.6) is 0 Å². The molecule has 1 aliphatic carbocycles. The standard InChI is InChI=1S/C21H23F3N2O2S/c1-2-14-9-11-16(12-10-14)26(20(28)21(22,23)24)18(17-8-5-13-29-17)19(27)25-15-6-3-4-7-15/h5,8-13,15,18H,2-4,6-7H2,1H3,(H,25,27). The van der Waals surface area contributed by atoms with Crippen molar-refractivity contribution in [1.29, 1.82) is 0 Å². The van der Waals surface area contributed by atoms with Crippen LogP contribution in [0, 0.1) is 0 Å². The van der Waals surface area contributed by atoms with Crippen LogP contribution in [0.3, 0.4) is 0 Å². The van der Waals surface area contributed by atoms with E-state index in [1.54, 1.807) is 29.6 Å². The molecule has 29 heavy (non-hydrogen) atoms. The number of halogens is 3. The molecule has 0 radical (unpaired) electrons. The Hall–Kier alpha value is -2.35. The fourth-order valence-electron chi connectivity index (χ4n) is 3.58. The summed E-state index contributed by atoms with van der Waals surface area (Å²) in [6, 6.07) is 8.07. The number of thiophene rings is 1. The van der Waals surface area contributed by atoms with Crippen molar-refractivity contribution < 1.29 is 22.8 Å². The third-order valence-electron chi connectivity index (χ3n) is 5.10. The number of alkyl halides is 3. The normalized spacial score (nSPS) is 15.9. The van der Waals surface area contributed by atoms with Gasteiger partial charge in [0.2, 0.25) is 5.91 Å². The van der Waals surface area contributed by atoms with E-state index in [2.05, 4.69) is 5.32 Å². The van der Waals surface area contributed by atoms with Gasteiger partial charge in [0.25, 0.3) is 0 Å². The van der Waals surface area contributed by atoms with Crippen LogP contribution in [0.2, 0.25) is 0 Å². The van der Waals surface area contributed by atoms with E-state index in [0.29, 0.717) is 16.2 Å². The molecule has 1 aromatic carbocycles. The highest BCUT2D eigenvalue weighted by Gasteiger charge is 2.47. The van der Waals surface area contributed by atoms with Crippen LogP contribution in [0.4, 0.5) is 18.9 Å². The van der Waals surface area contributed by atoms with Gasteiger partial charge in [-0.15, -0.1) is 11.3 Å². The molecule has 1 heterocycles. The van der Waals surface area contributed by atoms with Gasteiger partial charge in [-0.25, -0.2) is 0 Å². The van der Waals surface area contributed by atoms with Crippen LogP contribution in [0.1, 0.15) is 49.1 Å². The van der Waals surface area contributed by atoms with Crippen LogP contribution >= 0.6 is 11.3 Å². The Bertz CT molecular complexity index is 829. The molecule has 8 heteroatoms. The molecular weight excluding hydrogens is 401 g/mol. The first kappa shape index (κ1) is 21.4. The smallest absolute Gasteiger partial charge is 0.351 e. The summed E-state index contributed by atoms with van der Waals surface area (Å²) in [5.74, 6) is -2.64. The first-order valence-corrected chi connectivity index (χ1v) is 10.5. The van der Waals surface area contributed by atoms with Crippen LogP contribution in [0.15, 0.2) is 41.8 Å². The molecule has 0 spiro atoms. The Labute approximate surface area is 171 Å². The number of carbonyl (C=O) groups is 2. The van der Waals surface area contributed by atoms with Crippen molar-refractivity contribution in [1.82, 2.24) is 5.32 Å². The molecule has 2 amide bonds. The summed E-state index contributed by atoms with van der Waals surface area (Å²) in [7, 11) is 0. The first-order chi connectivity index (χ1) is 13.8. The second-order valence-electron chi connectivity index (χ2n) is 7.10. The number of nitrogens with one attached hydrogen (secondary N) is 1. The predicted octanol–water partition coefficient (Wildman–Crippen LogP) is 5.01. The molecule has 0 saturated heterocycles. The Morgan fingerprint density at radius 2 is 1.83 bits per heavy atom. The number of aryl methyl sites for hydroxylation is 1. The molecule has 1 N–H and O–H groups in total. The quantitative estimate of drug-likeness (QED) is 0.709. The highest BCUT2D eigenvalue weighted by atomic mass is 32.1. The summed E-state index contributed by atoms with van der Waals surface area (Å²) in [5.41, 5.74) is 0.973. The van der Waals surface area contributed by atoms with E-state index < -0.39 is 24.0 Å². The van der Waals surface area contributed by atoms with Gasteiger partial charge in [0, 0.05) is 16.6 Å². The molecule has 1 unspecified atom stereocenters. The number of hydrogen-bond acceptors (Lipinski definition) is 3. The molecule has 1 atom stereocenters. The minimum atomic E-state index is -5.10. The fourth-order valence-corrected chi connectivity index (χ4v) is 4.40. The highest BCUT2D eigenvalue weighted by Crippen LogP contribution is 2.35. The topological polar surface area (TPSA) is 49.4 Å². The van der Waals surface area contributed by atoms with Gasteiger partial charge in [0.1, 0.15) is 0 Å². The van der Waals surface area contributed by atoms with Crippen LogP contribution < -0.4 is 10.2 Å². The average Bonchev–Trinajstić information content (AvgIpc) is 3.39. The second kappa shape index (κ2) is 8.98.